The van der Waals surface area contributed by atoms with Gasteiger partial charge in [0.15, 0.2) is 6.10 Å². The van der Waals surface area contributed by atoms with Crippen LogP contribution in [0.5, 0.6) is 5.75 Å². The largest absolute Gasteiger partial charge is 0.481 e. The molecule has 0 aliphatic carbocycles. The molecule has 1 atom stereocenters. The fraction of sp³-hybridized carbons (Fsp3) is 0.167. The van der Waals surface area contributed by atoms with Crippen LogP contribution >= 0.6 is 23.2 Å². The Morgan fingerprint density at radius 3 is 2.32 bits per heavy atom. The summed E-state index contributed by atoms with van der Waals surface area (Å²) in [6, 6.07) is 17.1. The summed E-state index contributed by atoms with van der Waals surface area (Å²) in [6.07, 6.45) is -0.718. The Hall–Kier alpha value is -3.02. The van der Waals surface area contributed by atoms with Crippen molar-refractivity contribution in [2.75, 3.05) is 10.6 Å². The van der Waals surface area contributed by atoms with Gasteiger partial charge in [-0.1, -0.05) is 35.3 Å². The minimum absolute atomic E-state index is 0.258. The molecule has 0 aliphatic rings. The highest BCUT2D eigenvalue weighted by molar-refractivity contribution is 6.35. The average molecular weight is 457 g/mol. The zero-order valence-electron chi connectivity index (χ0n) is 17.3. The van der Waals surface area contributed by atoms with E-state index < -0.39 is 6.10 Å². The second-order valence-electron chi connectivity index (χ2n) is 7.10. The second-order valence-corrected chi connectivity index (χ2v) is 7.94. The van der Waals surface area contributed by atoms with Crippen molar-refractivity contribution in [1.82, 2.24) is 0 Å². The number of carbonyl (C=O) groups excluding carboxylic acids is 2. The van der Waals surface area contributed by atoms with E-state index in [0.717, 1.165) is 16.8 Å². The van der Waals surface area contributed by atoms with Crippen molar-refractivity contribution in [2.24, 2.45) is 0 Å². The first-order chi connectivity index (χ1) is 14.7. The van der Waals surface area contributed by atoms with Crippen molar-refractivity contribution in [3.8, 4) is 5.75 Å². The molecule has 0 spiro atoms. The number of carbonyl (C=O) groups is 2. The number of ether oxygens (including phenoxy) is 1. The van der Waals surface area contributed by atoms with E-state index in [-0.39, 0.29) is 11.8 Å². The Morgan fingerprint density at radius 2 is 1.61 bits per heavy atom. The SMILES string of the molecule is Cc1cccc(NC(=O)C(C)Oc2ccc(C(=O)Nc3cc(Cl)ccc3Cl)cc2)c1C. The first-order valence-corrected chi connectivity index (χ1v) is 10.4. The Kier molecular flexibility index (Phi) is 7.21. The summed E-state index contributed by atoms with van der Waals surface area (Å²) in [5.41, 5.74) is 3.71. The molecule has 0 bridgehead atoms. The summed E-state index contributed by atoms with van der Waals surface area (Å²) >= 11 is 12.0. The average Bonchev–Trinajstić information content (AvgIpc) is 2.74. The molecule has 7 heteroatoms. The monoisotopic (exact) mass is 456 g/mol. The lowest BCUT2D eigenvalue weighted by Gasteiger charge is -2.16. The standard InChI is InChI=1S/C24H22Cl2N2O3/c1-14-5-4-6-21(15(14)2)27-23(29)16(3)31-19-10-7-17(8-11-19)24(30)28-22-13-18(25)9-12-20(22)26/h4-13,16H,1-3H3,(H,27,29)(H,28,30). The molecule has 2 N–H and O–H groups in total. The van der Waals surface area contributed by atoms with Gasteiger partial charge in [0.1, 0.15) is 5.75 Å². The van der Waals surface area contributed by atoms with Crippen LogP contribution in [0.1, 0.15) is 28.4 Å². The van der Waals surface area contributed by atoms with E-state index in [4.69, 9.17) is 27.9 Å². The van der Waals surface area contributed by atoms with Crippen molar-refractivity contribution in [3.63, 3.8) is 0 Å². The molecule has 5 nitrogen and oxygen atoms in total. The number of halogens is 2. The molecule has 0 radical (unpaired) electrons. The summed E-state index contributed by atoms with van der Waals surface area (Å²) in [6.45, 7) is 5.61. The Balaban J connectivity index is 1.61. The van der Waals surface area contributed by atoms with E-state index >= 15 is 0 Å². The molecule has 3 aromatic carbocycles. The normalized spacial score (nSPS) is 11.5. The first kappa shape index (κ1) is 22.7. The first-order valence-electron chi connectivity index (χ1n) is 9.65. The van der Waals surface area contributed by atoms with E-state index in [1.54, 1.807) is 49.4 Å². The number of hydrogen-bond donors (Lipinski definition) is 2. The van der Waals surface area contributed by atoms with E-state index in [1.165, 1.54) is 0 Å². The maximum absolute atomic E-state index is 12.5. The smallest absolute Gasteiger partial charge is 0.265 e. The molecular weight excluding hydrogens is 435 g/mol. The van der Waals surface area contributed by atoms with Crippen LogP contribution in [-0.2, 0) is 4.79 Å². The fourth-order valence-electron chi connectivity index (χ4n) is 2.85. The van der Waals surface area contributed by atoms with Crippen molar-refractivity contribution in [1.29, 1.82) is 0 Å². The van der Waals surface area contributed by atoms with E-state index in [1.807, 2.05) is 32.0 Å². The van der Waals surface area contributed by atoms with Crippen LogP contribution < -0.4 is 15.4 Å². The molecule has 0 heterocycles. The van der Waals surface area contributed by atoms with Crippen molar-refractivity contribution >= 4 is 46.4 Å². The predicted octanol–water partition coefficient (Wildman–Crippen LogP) is 6.27. The zero-order valence-corrected chi connectivity index (χ0v) is 18.8. The number of amides is 2. The number of aryl methyl sites for hydroxylation is 1. The van der Waals surface area contributed by atoms with Crippen molar-refractivity contribution < 1.29 is 14.3 Å². The molecule has 0 aromatic heterocycles. The van der Waals surface area contributed by atoms with Gasteiger partial charge < -0.3 is 15.4 Å². The third-order valence-corrected chi connectivity index (χ3v) is 5.40. The van der Waals surface area contributed by atoms with Gasteiger partial charge in [-0.2, -0.15) is 0 Å². The summed E-state index contributed by atoms with van der Waals surface area (Å²) in [7, 11) is 0. The third kappa shape index (κ3) is 5.78. The highest BCUT2D eigenvalue weighted by atomic mass is 35.5. The van der Waals surface area contributed by atoms with Crippen LogP contribution in [0, 0.1) is 13.8 Å². The van der Waals surface area contributed by atoms with Crippen LogP contribution in [0.25, 0.3) is 0 Å². The summed E-state index contributed by atoms with van der Waals surface area (Å²) in [5.74, 6) is -0.122. The number of benzene rings is 3. The zero-order chi connectivity index (χ0) is 22.5. The number of anilines is 2. The minimum Gasteiger partial charge on any atom is -0.481 e. The van der Waals surface area contributed by atoms with E-state index in [0.29, 0.717) is 27.0 Å². The van der Waals surface area contributed by atoms with E-state index in [9.17, 15) is 9.59 Å². The summed E-state index contributed by atoms with van der Waals surface area (Å²) in [5, 5.41) is 6.47. The quantitative estimate of drug-likeness (QED) is 0.459. The third-order valence-electron chi connectivity index (χ3n) is 4.84. The number of rotatable bonds is 6. The van der Waals surface area contributed by atoms with Gasteiger partial charge in [0.2, 0.25) is 0 Å². The lowest BCUT2D eigenvalue weighted by atomic mass is 10.1. The Morgan fingerprint density at radius 1 is 0.903 bits per heavy atom. The Labute approximate surface area is 191 Å². The van der Waals surface area contributed by atoms with Crippen LogP contribution in [0.4, 0.5) is 11.4 Å². The maximum atomic E-state index is 12.5. The van der Waals surface area contributed by atoms with Gasteiger partial charge in [-0.05, 0) is 80.4 Å². The lowest BCUT2D eigenvalue weighted by molar-refractivity contribution is -0.122. The van der Waals surface area contributed by atoms with Gasteiger partial charge >= 0.3 is 0 Å². The molecule has 1 unspecified atom stereocenters. The van der Waals surface area contributed by atoms with E-state index in [2.05, 4.69) is 10.6 Å². The Bertz CT molecular complexity index is 1110. The van der Waals surface area contributed by atoms with Crippen LogP contribution in [0.15, 0.2) is 60.7 Å². The lowest BCUT2D eigenvalue weighted by Crippen LogP contribution is -2.30. The second kappa shape index (κ2) is 9.86. The molecule has 0 fully saturated rings. The molecular formula is C24H22Cl2N2O3. The molecule has 0 aliphatic heterocycles. The minimum atomic E-state index is -0.718. The van der Waals surface area contributed by atoms with Crippen molar-refractivity contribution in [2.45, 2.75) is 26.9 Å². The molecule has 2 amide bonds. The van der Waals surface area contributed by atoms with Crippen LogP contribution in [0.2, 0.25) is 10.0 Å². The van der Waals surface area contributed by atoms with Crippen molar-refractivity contribution in [3.05, 3.63) is 87.4 Å². The fourth-order valence-corrected chi connectivity index (χ4v) is 3.19. The summed E-state index contributed by atoms with van der Waals surface area (Å²) in [4.78, 5) is 25.0. The molecule has 0 saturated carbocycles. The van der Waals surface area contributed by atoms with Gasteiger partial charge in [-0.3, -0.25) is 9.59 Å². The van der Waals surface area contributed by atoms with Gasteiger partial charge in [-0.15, -0.1) is 0 Å². The number of hydrogen-bond acceptors (Lipinski definition) is 3. The summed E-state index contributed by atoms with van der Waals surface area (Å²) < 4.78 is 5.72. The molecule has 0 saturated heterocycles. The van der Waals surface area contributed by atoms with Gasteiger partial charge in [0.05, 0.1) is 10.7 Å². The highest BCUT2D eigenvalue weighted by Crippen LogP contribution is 2.26. The van der Waals surface area contributed by atoms with Gasteiger partial charge in [0, 0.05) is 16.3 Å². The molecule has 160 valence electrons. The number of nitrogens with one attached hydrogen (secondary N) is 2. The van der Waals surface area contributed by atoms with Crippen LogP contribution in [-0.4, -0.2) is 17.9 Å². The molecule has 31 heavy (non-hydrogen) atoms. The highest BCUT2D eigenvalue weighted by Gasteiger charge is 2.17. The van der Waals surface area contributed by atoms with Crippen LogP contribution in [0.3, 0.4) is 0 Å². The molecule has 3 rings (SSSR count). The topological polar surface area (TPSA) is 67.4 Å². The predicted molar refractivity (Wildman–Crippen MR) is 125 cm³/mol. The van der Waals surface area contributed by atoms with Gasteiger partial charge in [0.25, 0.3) is 11.8 Å². The maximum Gasteiger partial charge on any atom is 0.265 e. The van der Waals surface area contributed by atoms with Gasteiger partial charge in [-0.25, -0.2) is 0 Å². The molecule has 3 aromatic rings.